The second-order valence-electron chi connectivity index (χ2n) is 7.70. The first-order valence-electron chi connectivity index (χ1n) is 10.3. The van der Waals surface area contributed by atoms with Crippen LogP contribution in [0.25, 0.3) is 11.1 Å². The van der Waals surface area contributed by atoms with E-state index in [0.29, 0.717) is 24.5 Å². The fraction of sp³-hybridized carbons (Fsp3) is 0.250. The molecule has 2 nitrogen and oxygen atoms in total. The van der Waals surface area contributed by atoms with Gasteiger partial charge in [-0.3, -0.25) is 0 Å². The Morgan fingerprint density at radius 2 is 1.19 bits per heavy atom. The molecule has 3 aromatic rings. The maximum Gasteiger partial charge on any atom is 0.527 e. The Morgan fingerprint density at radius 1 is 0.649 bits per heavy atom. The van der Waals surface area contributed by atoms with Crippen molar-refractivity contribution in [2.45, 2.75) is 38.3 Å². The molecule has 0 aliphatic rings. The van der Waals surface area contributed by atoms with Crippen molar-refractivity contribution in [3.05, 3.63) is 88.5 Å². The summed E-state index contributed by atoms with van der Waals surface area (Å²) in [4.78, 5) is 0. The highest BCUT2D eigenvalue weighted by Gasteiger charge is 2.47. The van der Waals surface area contributed by atoms with Gasteiger partial charge in [-0.2, -0.15) is 17.6 Å². The minimum atomic E-state index is -5.83. The number of hydrogen-bond donors (Lipinski definition) is 0. The van der Waals surface area contributed by atoms with Crippen molar-refractivity contribution in [1.29, 1.82) is 0 Å². The third-order valence-electron chi connectivity index (χ3n) is 4.96. The second kappa shape index (κ2) is 10.2. The number of hydrogen-bond acceptors (Lipinski definition) is 2. The van der Waals surface area contributed by atoms with E-state index >= 15 is 0 Å². The Balaban J connectivity index is 1.91. The lowest BCUT2D eigenvalue weighted by Crippen LogP contribution is -2.28. The monoisotopic (exact) mass is 544 g/mol. The van der Waals surface area contributed by atoms with E-state index in [1.54, 1.807) is 6.92 Å². The fourth-order valence-corrected chi connectivity index (χ4v) is 3.43. The molecule has 37 heavy (non-hydrogen) atoms. The number of ether oxygens (including phenoxy) is 2. The summed E-state index contributed by atoms with van der Waals surface area (Å²) in [6.07, 6.45) is -14.3. The zero-order valence-electron chi connectivity index (χ0n) is 18.5. The van der Waals surface area contributed by atoms with Crippen molar-refractivity contribution in [2.24, 2.45) is 0 Å². The Bertz CT molecular complexity index is 1260. The van der Waals surface area contributed by atoms with Crippen LogP contribution in [0.5, 0.6) is 5.75 Å². The molecular formula is C24H15F11O2. The van der Waals surface area contributed by atoms with Crippen LogP contribution in [-0.2, 0) is 23.4 Å². The van der Waals surface area contributed by atoms with Gasteiger partial charge in [-0.1, -0.05) is 25.5 Å². The van der Waals surface area contributed by atoms with E-state index in [1.807, 2.05) is 0 Å². The number of aryl methyl sites for hydroxylation is 1. The smallest absolute Gasteiger partial charge is 0.429 e. The average Bonchev–Trinajstić information content (AvgIpc) is 2.71. The Morgan fingerprint density at radius 3 is 1.70 bits per heavy atom. The molecule has 0 atom stereocenters. The number of benzene rings is 3. The zero-order valence-corrected chi connectivity index (χ0v) is 18.5. The largest absolute Gasteiger partial charge is 0.527 e. The first-order valence-corrected chi connectivity index (χ1v) is 10.3. The SMILES string of the molecule is CCCc1ccc(C(F)(F)Oc2cc(F)c(-c3ccc(C(F)(F)OC(F)(F)F)c(F)c3)c(F)c2)c(F)c1. The van der Waals surface area contributed by atoms with E-state index in [1.165, 1.54) is 6.07 Å². The highest BCUT2D eigenvalue weighted by Crippen LogP contribution is 2.40. The van der Waals surface area contributed by atoms with Gasteiger partial charge in [0.15, 0.2) is 0 Å². The van der Waals surface area contributed by atoms with Gasteiger partial charge in [0.1, 0.15) is 29.0 Å². The lowest BCUT2D eigenvalue weighted by Gasteiger charge is -2.20. The van der Waals surface area contributed by atoms with Crippen LogP contribution < -0.4 is 4.74 Å². The highest BCUT2D eigenvalue weighted by atomic mass is 19.4. The third kappa shape index (κ3) is 6.51. The van der Waals surface area contributed by atoms with Gasteiger partial charge < -0.3 is 4.74 Å². The summed E-state index contributed by atoms with van der Waals surface area (Å²) < 4.78 is 157. The summed E-state index contributed by atoms with van der Waals surface area (Å²) in [5.41, 5.74) is -4.49. The normalized spacial score (nSPS) is 12.6. The van der Waals surface area contributed by atoms with Crippen molar-refractivity contribution >= 4 is 0 Å². The van der Waals surface area contributed by atoms with Crippen LogP contribution in [0.1, 0.15) is 30.0 Å². The molecule has 0 bridgehead atoms. The number of alkyl halides is 7. The summed E-state index contributed by atoms with van der Waals surface area (Å²) in [7, 11) is 0. The van der Waals surface area contributed by atoms with Crippen LogP contribution in [0.3, 0.4) is 0 Å². The molecule has 0 aliphatic heterocycles. The minimum absolute atomic E-state index is 0.104. The Hall–Kier alpha value is -3.35. The molecule has 200 valence electrons. The highest BCUT2D eigenvalue weighted by molar-refractivity contribution is 5.66. The van der Waals surface area contributed by atoms with Crippen LogP contribution >= 0.6 is 0 Å². The van der Waals surface area contributed by atoms with Gasteiger partial charge in [0.25, 0.3) is 0 Å². The number of rotatable bonds is 8. The predicted molar refractivity (Wildman–Crippen MR) is 108 cm³/mol. The molecule has 0 aromatic heterocycles. The van der Waals surface area contributed by atoms with Gasteiger partial charge in [0.2, 0.25) is 0 Å². The fourth-order valence-electron chi connectivity index (χ4n) is 3.43. The molecule has 0 aliphatic carbocycles. The third-order valence-corrected chi connectivity index (χ3v) is 4.96. The molecule has 0 fully saturated rings. The first kappa shape index (κ1) is 28.2. The molecule has 3 aromatic carbocycles. The summed E-state index contributed by atoms with van der Waals surface area (Å²) in [6, 6.07) is 4.03. The van der Waals surface area contributed by atoms with Gasteiger partial charge in [-0.25, -0.2) is 22.3 Å². The minimum Gasteiger partial charge on any atom is -0.429 e. The van der Waals surface area contributed by atoms with Crippen LogP contribution in [0.2, 0.25) is 0 Å². The maximum atomic E-state index is 14.6. The van der Waals surface area contributed by atoms with Crippen LogP contribution in [0, 0.1) is 23.3 Å². The van der Waals surface area contributed by atoms with E-state index in [0.717, 1.165) is 12.1 Å². The number of halogens is 11. The Kier molecular flexibility index (Phi) is 7.77. The van der Waals surface area contributed by atoms with Crippen LogP contribution in [0.4, 0.5) is 48.3 Å². The van der Waals surface area contributed by atoms with Gasteiger partial charge in [-0.05, 0) is 41.8 Å². The molecule has 0 saturated carbocycles. The average molecular weight is 544 g/mol. The predicted octanol–water partition coefficient (Wildman–Crippen LogP) is 8.58. The van der Waals surface area contributed by atoms with Gasteiger partial charge >= 0.3 is 18.6 Å². The van der Waals surface area contributed by atoms with Crippen molar-refractivity contribution < 1.29 is 57.8 Å². The maximum absolute atomic E-state index is 14.6. The molecule has 0 radical (unpaired) electrons. The van der Waals surface area contributed by atoms with Crippen molar-refractivity contribution in [2.75, 3.05) is 0 Å². The van der Waals surface area contributed by atoms with E-state index in [9.17, 15) is 48.3 Å². The summed E-state index contributed by atoms with van der Waals surface area (Å²) in [6.45, 7) is 1.79. The molecule has 0 amide bonds. The summed E-state index contributed by atoms with van der Waals surface area (Å²) >= 11 is 0. The lowest BCUT2D eigenvalue weighted by molar-refractivity contribution is -0.432. The van der Waals surface area contributed by atoms with E-state index in [2.05, 4.69) is 9.47 Å². The van der Waals surface area contributed by atoms with Crippen LogP contribution in [-0.4, -0.2) is 6.36 Å². The van der Waals surface area contributed by atoms with E-state index in [4.69, 9.17) is 0 Å². The van der Waals surface area contributed by atoms with E-state index in [-0.39, 0.29) is 24.3 Å². The van der Waals surface area contributed by atoms with E-state index < -0.39 is 69.9 Å². The van der Waals surface area contributed by atoms with Gasteiger partial charge in [-0.15, -0.1) is 13.2 Å². The molecule has 3 rings (SSSR count). The van der Waals surface area contributed by atoms with Crippen molar-refractivity contribution in [3.8, 4) is 16.9 Å². The standard InChI is InChI=1S/C24H15F11O2/c1-2-3-12-4-6-15(17(25)8-12)22(29,30)36-14-10-19(27)21(20(28)11-14)13-5-7-16(18(26)9-13)23(31,32)37-24(33,34)35/h4-11H,2-3H2,1H3. The summed E-state index contributed by atoms with van der Waals surface area (Å²) in [5, 5.41) is 0. The van der Waals surface area contributed by atoms with Crippen LogP contribution in [0.15, 0.2) is 48.5 Å². The second-order valence-corrected chi connectivity index (χ2v) is 7.70. The van der Waals surface area contributed by atoms with Gasteiger partial charge in [0, 0.05) is 12.1 Å². The first-order chi connectivity index (χ1) is 17.0. The quantitative estimate of drug-likeness (QED) is 0.265. The summed E-state index contributed by atoms with van der Waals surface area (Å²) in [5.74, 6) is -7.65. The molecule has 0 N–H and O–H groups in total. The molecule has 13 heteroatoms. The van der Waals surface area contributed by atoms with Crippen molar-refractivity contribution in [1.82, 2.24) is 0 Å². The Labute approximate surface area is 202 Å². The van der Waals surface area contributed by atoms with Gasteiger partial charge in [0.05, 0.1) is 16.7 Å². The molecule has 0 heterocycles. The molecule has 0 unspecified atom stereocenters. The zero-order chi connectivity index (χ0) is 27.8. The lowest BCUT2D eigenvalue weighted by atomic mass is 10.0. The molecule has 0 spiro atoms. The topological polar surface area (TPSA) is 18.5 Å². The molecule has 0 saturated heterocycles. The van der Waals surface area contributed by atoms with Crippen molar-refractivity contribution in [3.63, 3.8) is 0 Å². The molecular weight excluding hydrogens is 529 g/mol.